The van der Waals surface area contributed by atoms with Crippen LogP contribution in [0, 0.1) is 6.92 Å². The summed E-state index contributed by atoms with van der Waals surface area (Å²) in [4.78, 5) is 6.58. The molecule has 0 radical (unpaired) electrons. The van der Waals surface area contributed by atoms with E-state index in [1.807, 2.05) is 12.1 Å². The number of nitrogens with one attached hydrogen (secondary N) is 2. The number of benzene rings is 1. The van der Waals surface area contributed by atoms with E-state index in [0.29, 0.717) is 11.5 Å². The van der Waals surface area contributed by atoms with E-state index in [9.17, 15) is 8.42 Å². The van der Waals surface area contributed by atoms with Crippen molar-refractivity contribution in [3.8, 4) is 0 Å². The number of nitrogens with zero attached hydrogens (tertiary/aromatic N) is 1. The number of halogens is 1. The van der Waals surface area contributed by atoms with Crippen LogP contribution in [0.5, 0.6) is 0 Å². The van der Waals surface area contributed by atoms with E-state index in [1.54, 1.807) is 19.1 Å². The van der Waals surface area contributed by atoms with E-state index in [1.165, 1.54) is 6.20 Å². The Bertz CT molecular complexity index is 650. The second kappa shape index (κ2) is 5.75. The van der Waals surface area contributed by atoms with Crippen molar-refractivity contribution in [2.45, 2.75) is 18.4 Å². The largest absolute Gasteiger partial charge is 0.332 e. The minimum absolute atomic E-state index is 0.0644. The van der Waals surface area contributed by atoms with Crippen molar-refractivity contribution in [1.82, 2.24) is 9.97 Å². The molecular weight excluding hydrogens is 330 g/mol. The molecule has 0 saturated carbocycles. The van der Waals surface area contributed by atoms with Gasteiger partial charge >= 0.3 is 0 Å². The molecule has 0 aliphatic rings. The van der Waals surface area contributed by atoms with Crippen molar-refractivity contribution in [3.05, 3.63) is 41.9 Å². The van der Waals surface area contributed by atoms with E-state index in [2.05, 4.69) is 30.6 Å². The van der Waals surface area contributed by atoms with Gasteiger partial charge in [-0.15, -0.1) is 0 Å². The van der Waals surface area contributed by atoms with Gasteiger partial charge in [0, 0.05) is 11.0 Å². The predicted octanol–water partition coefficient (Wildman–Crippen LogP) is 2.46. The van der Waals surface area contributed by atoms with Crippen LogP contribution in [-0.2, 0) is 16.4 Å². The zero-order chi connectivity index (χ0) is 13.9. The van der Waals surface area contributed by atoms with Gasteiger partial charge in [0.05, 0.1) is 6.20 Å². The monoisotopic (exact) mass is 343 g/mol. The van der Waals surface area contributed by atoms with Crippen LogP contribution in [0.15, 0.2) is 35.5 Å². The molecule has 2 aromatic rings. The molecule has 0 unspecified atom stereocenters. The number of sulfonamides is 1. The third-order valence-corrected chi connectivity index (χ3v) is 4.25. The fourth-order valence-electron chi connectivity index (χ4n) is 1.59. The van der Waals surface area contributed by atoms with Gasteiger partial charge in [0.2, 0.25) is 0 Å². The number of H-pyrrole nitrogens is 1. The average molecular weight is 344 g/mol. The SMILES string of the molecule is Cc1ncc(S(=O)(=O)Nc2ccc(CCBr)cc2)[nH]1. The quantitative estimate of drug-likeness (QED) is 0.818. The Hall–Kier alpha value is -1.34. The minimum atomic E-state index is -3.59. The summed E-state index contributed by atoms with van der Waals surface area (Å²) in [5.41, 5.74) is 1.68. The summed E-state index contributed by atoms with van der Waals surface area (Å²) < 4.78 is 26.6. The van der Waals surface area contributed by atoms with Crippen molar-refractivity contribution < 1.29 is 8.42 Å². The normalized spacial score (nSPS) is 11.5. The van der Waals surface area contributed by atoms with E-state index < -0.39 is 10.0 Å². The van der Waals surface area contributed by atoms with Gasteiger partial charge < -0.3 is 4.98 Å². The Morgan fingerprint density at radius 1 is 1.32 bits per heavy atom. The van der Waals surface area contributed by atoms with Gasteiger partial charge in [-0.25, -0.2) is 4.98 Å². The molecule has 1 aromatic carbocycles. The number of aromatic amines is 1. The average Bonchev–Trinajstić information content (AvgIpc) is 2.79. The van der Waals surface area contributed by atoms with Crippen LogP contribution in [0.2, 0.25) is 0 Å². The highest BCUT2D eigenvalue weighted by molar-refractivity contribution is 9.09. The van der Waals surface area contributed by atoms with Gasteiger partial charge in [-0.3, -0.25) is 4.72 Å². The second-order valence-corrected chi connectivity index (χ2v) is 6.52. The molecule has 0 bridgehead atoms. The van der Waals surface area contributed by atoms with Crippen molar-refractivity contribution in [1.29, 1.82) is 0 Å². The van der Waals surface area contributed by atoms with Crippen LogP contribution in [-0.4, -0.2) is 23.7 Å². The fraction of sp³-hybridized carbons (Fsp3) is 0.250. The molecule has 2 N–H and O–H groups in total. The van der Waals surface area contributed by atoms with Crippen molar-refractivity contribution in [2.75, 3.05) is 10.1 Å². The fourth-order valence-corrected chi connectivity index (χ4v) is 3.08. The summed E-state index contributed by atoms with van der Waals surface area (Å²) in [6.07, 6.45) is 2.21. The molecule has 0 amide bonds. The Kier molecular flexibility index (Phi) is 4.26. The predicted molar refractivity (Wildman–Crippen MR) is 78.1 cm³/mol. The summed E-state index contributed by atoms with van der Waals surface area (Å²) in [5, 5.41) is 0.945. The maximum Gasteiger partial charge on any atom is 0.278 e. The van der Waals surface area contributed by atoms with Crippen LogP contribution in [0.4, 0.5) is 5.69 Å². The van der Waals surface area contributed by atoms with E-state index in [-0.39, 0.29) is 5.03 Å². The first kappa shape index (κ1) is 14.1. The molecule has 1 aromatic heterocycles. The van der Waals surface area contributed by atoms with E-state index in [4.69, 9.17) is 0 Å². The van der Waals surface area contributed by atoms with Crippen molar-refractivity contribution >= 4 is 31.6 Å². The molecule has 0 spiro atoms. The number of imidazole rings is 1. The van der Waals surface area contributed by atoms with Crippen molar-refractivity contribution in [3.63, 3.8) is 0 Å². The lowest BCUT2D eigenvalue weighted by molar-refractivity contribution is 0.598. The number of aromatic nitrogens is 2. The van der Waals surface area contributed by atoms with Crippen molar-refractivity contribution in [2.24, 2.45) is 0 Å². The highest BCUT2D eigenvalue weighted by Crippen LogP contribution is 2.15. The summed E-state index contributed by atoms with van der Waals surface area (Å²) in [7, 11) is -3.59. The smallest absolute Gasteiger partial charge is 0.278 e. The highest BCUT2D eigenvalue weighted by atomic mass is 79.9. The highest BCUT2D eigenvalue weighted by Gasteiger charge is 2.16. The van der Waals surface area contributed by atoms with Crippen LogP contribution in [0.1, 0.15) is 11.4 Å². The third-order valence-electron chi connectivity index (χ3n) is 2.56. The lowest BCUT2D eigenvalue weighted by Crippen LogP contribution is -2.13. The summed E-state index contributed by atoms with van der Waals surface area (Å²) in [6.45, 7) is 1.70. The first-order valence-electron chi connectivity index (χ1n) is 5.70. The molecule has 0 aliphatic carbocycles. The number of anilines is 1. The molecule has 102 valence electrons. The molecule has 0 aliphatic heterocycles. The number of aryl methyl sites for hydroxylation is 2. The second-order valence-electron chi connectivity index (χ2n) is 4.07. The Morgan fingerprint density at radius 2 is 2.00 bits per heavy atom. The molecule has 0 fully saturated rings. The third kappa shape index (κ3) is 3.57. The Morgan fingerprint density at radius 3 is 2.53 bits per heavy atom. The lowest BCUT2D eigenvalue weighted by Gasteiger charge is -2.06. The standard InChI is InChI=1S/C12H14BrN3O2S/c1-9-14-8-12(15-9)19(17,18)16-11-4-2-10(3-5-11)6-7-13/h2-5,8,16H,6-7H2,1H3,(H,14,15). The van der Waals surface area contributed by atoms with Gasteiger partial charge in [0.25, 0.3) is 10.0 Å². The zero-order valence-electron chi connectivity index (χ0n) is 10.4. The Balaban J connectivity index is 2.16. The topological polar surface area (TPSA) is 74.8 Å². The molecule has 19 heavy (non-hydrogen) atoms. The summed E-state index contributed by atoms with van der Waals surface area (Å²) in [5.74, 6) is 0.563. The molecular formula is C12H14BrN3O2S. The maximum atomic E-state index is 12.0. The molecule has 2 rings (SSSR count). The van der Waals surface area contributed by atoms with Gasteiger partial charge in [-0.2, -0.15) is 8.42 Å². The van der Waals surface area contributed by atoms with Crippen LogP contribution >= 0.6 is 15.9 Å². The minimum Gasteiger partial charge on any atom is -0.332 e. The first-order valence-corrected chi connectivity index (χ1v) is 8.31. The first-order chi connectivity index (χ1) is 9.01. The number of hydrogen-bond acceptors (Lipinski definition) is 3. The number of alkyl halides is 1. The van der Waals surface area contributed by atoms with E-state index >= 15 is 0 Å². The Labute approximate surface area is 120 Å². The number of rotatable bonds is 5. The lowest BCUT2D eigenvalue weighted by atomic mass is 10.2. The van der Waals surface area contributed by atoms with Crippen LogP contribution < -0.4 is 4.72 Å². The number of hydrogen-bond donors (Lipinski definition) is 2. The molecule has 7 heteroatoms. The molecule has 0 atom stereocenters. The molecule has 5 nitrogen and oxygen atoms in total. The molecule has 1 heterocycles. The van der Waals surface area contributed by atoms with Crippen LogP contribution in [0.3, 0.4) is 0 Å². The molecule has 0 saturated heterocycles. The zero-order valence-corrected chi connectivity index (χ0v) is 12.8. The van der Waals surface area contributed by atoms with Gasteiger partial charge in [-0.1, -0.05) is 28.1 Å². The maximum absolute atomic E-state index is 12.0. The summed E-state index contributed by atoms with van der Waals surface area (Å²) >= 11 is 3.36. The van der Waals surface area contributed by atoms with Gasteiger partial charge in [0.15, 0.2) is 5.03 Å². The van der Waals surface area contributed by atoms with E-state index in [0.717, 1.165) is 17.3 Å². The van der Waals surface area contributed by atoms with Gasteiger partial charge in [0.1, 0.15) is 5.82 Å². The summed E-state index contributed by atoms with van der Waals surface area (Å²) in [6, 6.07) is 7.30. The van der Waals surface area contributed by atoms with Gasteiger partial charge in [-0.05, 0) is 31.0 Å². The van der Waals surface area contributed by atoms with Crippen LogP contribution in [0.25, 0.3) is 0 Å².